The normalized spacial score (nSPS) is 19.8. The zero-order valence-electron chi connectivity index (χ0n) is 21.8. The summed E-state index contributed by atoms with van der Waals surface area (Å²) in [6.07, 6.45) is 1.66. The Hall–Kier alpha value is -4.69. The lowest BCUT2D eigenvalue weighted by molar-refractivity contribution is -0.135. The van der Waals surface area contributed by atoms with Gasteiger partial charge in [-0.3, -0.25) is 19.4 Å². The number of nitrogens with two attached hydrogens (primary N) is 1. The number of benzene rings is 2. The quantitative estimate of drug-likeness (QED) is 0.300. The van der Waals surface area contributed by atoms with Crippen LogP contribution < -0.4 is 26.2 Å². The third-order valence-corrected chi connectivity index (χ3v) is 8.03. The summed E-state index contributed by atoms with van der Waals surface area (Å²) in [7, 11) is 1.54. The highest BCUT2D eigenvalue weighted by Crippen LogP contribution is 2.36. The van der Waals surface area contributed by atoms with Crippen LogP contribution >= 0.6 is 11.5 Å². The van der Waals surface area contributed by atoms with Crippen molar-refractivity contribution in [3.63, 3.8) is 0 Å². The molecule has 41 heavy (non-hydrogen) atoms. The summed E-state index contributed by atoms with van der Waals surface area (Å²) in [5, 5.41) is 12.6. The highest BCUT2D eigenvalue weighted by molar-refractivity contribution is 7.13. The van der Waals surface area contributed by atoms with E-state index in [2.05, 4.69) is 25.3 Å². The van der Waals surface area contributed by atoms with Crippen LogP contribution in [0.3, 0.4) is 0 Å². The van der Waals surface area contributed by atoms with Crippen LogP contribution in [0, 0.1) is 0 Å². The summed E-state index contributed by atoms with van der Waals surface area (Å²) in [5.74, 6) is -0.717. The van der Waals surface area contributed by atoms with Gasteiger partial charge in [0, 0.05) is 22.9 Å². The average Bonchev–Trinajstić information content (AvgIpc) is 3.68. The molecule has 0 radical (unpaired) electrons. The lowest BCUT2D eigenvalue weighted by Crippen LogP contribution is -2.50. The number of hydrogen-bond donors (Lipinski definition) is 3. The van der Waals surface area contributed by atoms with Crippen LogP contribution in [0.5, 0.6) is 5.75 Å². The van der Waals surface area contributed by atoms with Gasteiger partial charge in [0.2, 0.25) is 17.7 Å². The molecular formula is C27H25FN8O4S. The topological polar surface area (TPSA) is 156 Å². The van der Waals surface area contributed by atoms with E-state index < -0.39 is 36.0 Å². The van der Waals surface area contributed by atoms with Gasteiger partial charge in [0.25, 0.3) is 0 Å². The lowest BCUT2D eigenvalue weighted by atomic mass is 10.00. The largest absolute Gasteiger partial charge is 0.497 e. The number of hydrazine groups is 1. The van der Waals surface area contributed by atoms with Gasteiger partial charge < -0.3 is 20.7 Å². The summed E-state index contributed by atoms with van der Waals surface area (Å²) in [6.45, 7) is -0.475. The number of rotatable bonds is 7. The Morgan fingerprint density at radius 2 is 2.02 bits per heavy atom. The van der Waals surface area contributed by atoms with Crippen molar-refractivity contribution in [1.29, 1.82) is 0 Å². The summed E-state index contributed by atoms with van der Waals surface area (Å²) in [4.78, 5) is 40.2. The van der Waals surface area contributed by atoms with E-state index in [0.29, 0.717) is 28.2 Å². The second kappa shape index (κ2) is 10.7. The summed E-state index contributed by atoms with van der Waals surface area (Å²) < 4.78 is 25.0. The second-order valence-electron chi connectivity index (χ2n) is 9.73. The Morgan fingerprint density at radius 1 is 1.17 bits per heavy atom. The number of anilines is 2. The van der Waals surface area contributed by atoms with Gasteiger partial charge in [-0.05, 0) is 53.5 Å². The number of carbonyl (C=O) groups excluding carboxylic acids is 3. The van der Waals surface area contributed by atoms with Crippen molar-refractivity contribution >= 4 is 50.8 Å². The zero-order chi connectivity index (χ0) is 28.7. The van der Waals surface area contributed by atoms with E-state index in [1.165, 1.54) is 21.4 Å². The molecule has 0 spiro atoms. The molecule has 14 heteroatoms. The number of primary amides is 1. The average molecular weight is 577 g/mol. The smallest absolute Gasteiger partial charge is 0.248 e. The van der Waals surface area contributed by atoms with Gasteiger partial charge in [0.05, 0.1) is 36.4 Å². The van der Waals surface area contributed by atoms with E-state index in [1.54, 1.807) is 49.8 Å². The zero-order valence-corrected chi connectivity index (χ0v) is 22.6. The SMILES string of the molecule is COc1ccc2snc(NC(=O)C3CC(F)CN3C(=O)CN3NC(C(N)=O)c4cc(-c5ccnnc5)ccc43)c2c1. The summed E-state index contributed by atoms with van der Waals surface area (Å²) in [5.41, 5.74) is 11.4. The molecule has 2 aliphatic rings. The fourth-order valence-corrected chi connectivity index (χ4v) is 5.90. The maximum Gasteiger partial charge on any atom is 0.248 e. The number of ether oxygens (including phenoxy) is 1. The molecule has 12 nitrogen and oxygen atoms in total. The number of amides is 3. The van der Waals surface area contributed by atoms with Crippen LogP contribution in [0.25, 0.3) is 21.2 Å². The fourth-order valence-electron chi connectivity index (χ4n) is 5.19. The summed E-state index contributed by atoms with van der Waals surface area (Å²) in [6, 6.07) is 10.7. The number of methoxy groups -OCH3 is 1. The van der Waals surface area contributed by atoms with Crippen molar-refractivity contribution in [2.24, 2.45) is 5.73 Å². The van der Waals surface area contributed by atoms with Crippen LogP contribution in [-0.4, -0.2) is 69.6 Å². The van der Waals surface area contributed by atoms with Crippen molar-refractivity contribution in [3.05, 3.63) is 60.4 Å². The molecule has 1 fully saturated rings. The Labute approximate surface area is 237 Å². The van der Waals surface area contributed by atoms with E-state index in [4.69, 9.17) is 10.5 Å². The third-order valence-electron chi connectivity index (χ3n) is 7.20. The van der Waals surface area contributed by atoms with Gasteiger partial charge in [0.15, 0.2) is 5.82 Å². The molecule has 4 heterocycles. The predicted molar refractivity (Wildman–Crippen MR) is 150 cm³/mol. The molecule has 0 aliphatic carbocycles. The molecule has 3 unspecified atom stereocenters. The molecule has 0 saturated carbocycles. The minimum absolute atomic E-state index is 0.139. The molecule has 1 saturated heterocycles. The van der Waals surface area contributed by atoms with Gasteiger partial charge in [-0.15, -0.1) is 0 Å². The molecule has 2 aromatic heterocycles. The van der Waals surface area contributed by atoms with Gasteiger partial charge in [-0.1, -0.05) is 6.07 Å². The summed E-state index contributed by atoms with van der Waals surface area (Å²) >= 11 is 1.21. The molecule has 4 aromatic rings. The van der Waals surface area contributed by atoms with Crippen LogP contribution in [0.1, 0.15) is 18.0 Å². The van der Waals surface area contributed by atoms with E-state index in [9.17, 15) is 18.8 Å². The standard InChI is InChI=1S/C27H25FN8O4S/c1-40-17-3-5-22-19(10-17)26(34-41-22)32-27(39)21-9-16(28)12-35(21)23(37)13-36-20-4-2-14(15-6-7-30-31-11-15)8-18(20)24(33-36)25(29)38/h2-8,10-11,16,21,24,33H,9,12-13H2,1H3,(H2,29,38)(H,32,34,39). The van der Waals surface area contributed by atoms with Crippen LogP contribution in [0.15, 0.2) is 54.9 Å². The van der Waals surface area contributed by atoms with Crippen LogP contribution in [0.4, 0.5) is 15.9 Å². The van der Waals surface area contributed by atoms with Gasteiger partial charge >= 0.3 is 0 Å². The molecule has 0 bridgehead atoms. The molecule has 3 amide bonds. The molecule has 2 aromatic carbocycles. The number of nitrogens with zero attached hydrogens (tertiary/aromatic N) is 5. The Balaban J connectivity index is 1.21. The Bertz CT molecular complexity index is 1650. The van der Waals surface area contributed by atoms with Crippen LogP contribution in [0.2, 0.25) is 0 Å². The molecular weight excluding hydrogens is 551 g/mol. The van der Waals surface area contributed by atoms with Crippen molar-refractivity contribution in [3.8, 4) is 16.9 Å². The maximum absolute atomic E-state index is 14.6. The van der Waals surface area contributed by atoms with Crippen LogP contribution in [-0.2, 0) is 14.4 Å². The first kappa shape index (κ1) is 26.5. The first-order valence-corrected chi connectivity index (χ1v) is 13.5. The number of alkyl halides is 1. The van der Waals surface area contributed by atoms with Gasteiger partial charge in [-0.2, -0.15) is 14.6 Å². The number of hydrogen-bond acceptors (Lipinski definition) is 10. The van der Waals surface area contributed by atoms with Gasteiger partial charge in [0.1, 0.15) is 30.5 Å². The third kappa shape index (κ3) is 5.02. The minimum Gasteiger partial charge on any atom is -0.497 e. The monoisotopic (exact) mass is 576 g/mol. The number of carbonyl (C=O) groups is 3. The van der Waals surface area contributed by atoms with E-state index in [1.807, 2.05) is 12.1 Å². The lowest BCUT2D eigenvalue weighted by Gasteiger charge is -2.27. The van der Waals surface area contributed by atoms with E-state index in [0.717, 1.165) is 15.8 Å². The maximum atomic E-state index is 14.6. The first-order valence-electron chi connectivity index (χ1n) is 12.7. The highest BCUT2D eigenvalue weighted by atomic mass is 32.1. The van der Waals surface area contributed by atoms with Crippen molar-refractivity contribution in [2.75, 3.05) is 30.5 Å². The number of likely N-dealkylation sites (tertiary alicyclic amines) is 1. The van der Waals surface area contributed by atoms with Crippen molar-refractivity contribution < 1.29 is 23.5 Å². The second-order valence-corrected chi connectivity index (χ2v) is 10.5. The molecule has 3 atom stereocenters. The molecule has 4 N–H and O–H groups in total. The molecule has 2 aliphatic heterocycles. The van der Waals surface area contributed by atoms with E-state index >= 15 is 0 Å². The minimum atomic E-state index is -1.37. The highest BCUT2D eigenvalue weighted by Gasteiger charge is 2.42. The number of aromatic nitrogens is 3. The predicted octanol–water partition coefficient (Wildman–Crippen LogP) is 2.19. The number of fused-ring (bicyclic) bond motifs is 2. The Morgan fingerprint density at radius 3 is 2.78 bits per heavy atom. The molecule has 6 rings (SSSR count). The van der Waals surface area contributed by atoms with Crippen molar-refractivity contribution in [2.45, 2.75) is 24.7 Å². The molecule has 210 valence electrons. The van der Waals surface area contributed by atoms with E-state index in [-0.39, 0.29) is 19.5 Å². The number of halogens is 1. The van der Waals surface area contributed by atoms with Crippen molar-refractivity contribution in [1.82, 2.24) is 24.9 Å². The first-order chi connectivity index (χ1) is 19.8. The van der Waals surface area contributed by atoms with Gasteiger partial charge in [-0.25, -0.2) is 9.82 Å². The fraction of sp³-hybridized carbons (Fsp3) is 0.259. The Kier molecular flexibility index (Phi) is 6.93. The number of nitrogens with one attached hydrogen (secondary N) is 2.